The van der Waals surface area contributed by atoms with Crippen LogP contribution < -0.4 is 5.32 Å². The summed E-state index contributed by atoms with van der Waals surface area (Å²) in [7, 11) is 0. The van der Waals surface area contributed by atoms with Crippen molar-refractivity contribution in [1.82, 2.24) is 5.32 Å². The van der Waals surface area contributed by atoms with Crippen molar-refractivity contribution in [3.8, 4) is 0 Å². The van der Waals surface area contributed by atoms with Gasteiger partial charge >= 0.3 is 0 Å². The van der Waals surface area contributed by atoms with E-state index in [2.05, 4.69) is 17.4 Å². The number of carbonyl (C=O) groups is 1. The molecule has 3 rings (SSSR count). The van der Waals surface area contributed by atoms with E-state index in [1.54, 1.807) is 0 Å². The van der Waals surface area contributed by atoms with Crippen LogP contribution in [0.5, 0.6) is 0 Å². The summed E-state index contributed by atoms with van der Waals surface area (Å²) in [5.41, 5.74) is 3.74. The van der Waals surface area contributed by atoms with Crippen LogP contribution in [0.15, 0.2) is 36.4 Å². The molecule has 130 valence electrons. The molecule has 0 saturated heterocycles. The molecule has 6 heteroatoms. The molecule has 1 aliphatic carbocycles. The van der Waals surface area contributed by atoms with Crippen LogP contribution >= 0.6 is 11.6 Å². The number of amides is 1. The molecule has 2 aromatic carbocycles. The standard InChI is InChI=1S/C19H19ClN2O3/c1-12(14-7-6-13-4-2-3-5-15(13)10-14)21-19(23)16-8-9-17(20)18(11-16)22(24)25/h6-12H,2-5H2,1H3,(H,21,23). The van der Waals surface area contributed by atoms with Gasteiger partial charge < -0.3 is 5.32 Å². The molecular formula is C19H19ClN2O3. The third-order valence-corrected chi connectivity index (χ3v) is 4.94. The summed E-state index contributed by atoms with van der Waals surface area (Å²) in [6, 6.07) is 10.2. The van der Waals surface area contributed by atoms with E-state index >= 15 is 0 Å². The van der Waals surface area contributed by atoms with Gasteiger partial charge in [0, 0.05) is 11.6 Å². The monoisotopic (exact) mass is 358 g/mol. The maximum Gasteiger partial charge on any atom is 0.288 e. The Bertz CT molecular complexity index is 835. The van der Waals surface area contributed by atoms with Gasteiger partial charge in [0.2, 0.25) is 0 Å². The molecule has 0 fully saturated rings. The van der Waals surface area contributed by atoms with Gasteiger partial charge in [0.1, 0.15) is 5.02 Å². The number of fused-ring (bicyclic) bond motifs is 1. The highest BCUT2D eigenvalue weighted by molar-refractivity contribution is 6.32. The summed E-state index contributed by atoms with van der Waals surface area (Å²) >= 11 is 5.79. The zero-order chi connectivity index (χ0) is 18.0. The number of aryl methyl sites for hydroxylation is 2. The lowest BCUT2D eigenvalue weighted by molar-refractivity contribution is -0.384. The Labute approximate surface area is 151 Å². The van der Waals surface area contributed by atoms with Crippen molar-refractivity contribution < 1.29 is 9.72 Å². The van der Waals surface area contributed by atoms with Crippen LogP contribution in [0.3, 0.4) is 0 Å². The normalized spacial score (nSPS) is 14.5. The van der Waals surface area contributed by atoms with E-state index in [0.29, 0.717) is 0 Å². The number of benzene rings is 2. The zero-order valence-electron chi connectivity index (χ0n) is 13.9. The van der Waals surface area contributed by atoms with Crippen LogP contribution in [-0.4, -0.2) is 10.8 Å². The van der Waals surface area contributed by atoms with E-state index in [0.717, 1.165) is 18.4 Å². The number of hydrogen-bond acceptors (Lipinski definition) is 3. The molecule has 0 radical (unpaired) electrons. The number of halogens is 1. The molecule has 0 spiro atoms. The third kappa shape index (κ3) is 3.82. The van der Waals surface area contributed by atoms with Crippen LogP contribution in [0.25, 0.3) is 0 Å². The number of nitro groups is 1. The first-order valence-electron chi connectivity index (χ1n) is 8.32. The first kappa shape index (κ1) is 17.4. The molecule has 0 saturated carbocycles. The lowest BCUT2D eigenvalue weighted by Crippen LogP contribution is -2.27. The van der Waals surface area contributed by atoms with Crippen molar-refractivity contribution in [1.29, 1.82) is 0 Å². The predicted molar refractivity (Wildman–Crippen MR) is 97.1 cm³/mol. The minimum absolute atomic E-state index is 0.0179. The van der Waals surface area contributed by atoms with Crippen LogP contribution in [0.2, 0.25) is 5.02 Å². The Kier molecular flexibility index (Phi) is 5.04. The molecule has 1 aliphatic rings. The lowest BCUT2D eigenvalue weighted by atomic mass is 9.89. The summed E-state index contributed by atoms with van der Waals surface area (Å²) in [5, 5.41) is 13.9. The SMILES string of the molecule is CC(NC(=O)c1ccc(Cl)c([N+](=O)[O-])c1)c1ccc2c(c1)CCCC2. The fourth-order valence-electron chi connectivity index (χ4n) is 3.18. The molecule has 1 atom stereocenters. The summed E-state index contributed by atoms with van der Waals surface area (Å²) in [5.74, 6) is -0.356. The van der Waals surface area contributed by atoms with Gasteiger partial charge in [-0.1, -0.05) is 29.8 Å². The van der Waals surface area contributed by atoms with E-state index in [9.17, 15) is 14.9 Å². The molecular weight excluding hydrogens is 340 g/mol. The van der Waals surface area contributed by atoms with Gasteiger partial charge in [-0.05, 0) is 61.4 Å². The fraction of sp³-hybridized carbons (Fsp3) is 0.316. The lowest BCUT2D eigenvalue weighted by Gasteiger charge is -2.20. The van der Waals surface area contributed by atoms with Gasteiger partial charge in [0.05, 0.1) is 11.0 Å². The van der Waals surface area contributed by atoms with Gasteiger partial charge in [-0.3, -0.25) is 14.9 Å². The molecule has 1 amide bonds. The van der Waals surface area contributed by atoms with E-state index < -0.39 is 4.92 Å². The van der Waals surface area contributed by atoms with Crippen molar-refractivity contribution in [2.45, 2.75) is 38.6 Å². The number of hydrogen-bond donors (Lipinski definition) is 1. The van der Waals surface area contributed by atoms with Gasteiger partial charge in [-0.15, -0.1) is 0 Å². The topological polar surface area (TPSA) is 72.2 Å². The van der Waals surface area contributed by atoms with E-state index in [-0.39, 0.29) is 28.2 Å². The van der Waals surface area contributed by atoms with E-state index in [1.165, 1.54) is 42.2 Å². The maximum atomic E-state index is 12.4. The Hall–Kier alpha value is -2.40. The highest BCUT2D eigenvalue weighted by Crippen LogP contribution is 2.27. The van der Waals surface area contributed by atoms with Gasteiger partial charge in [0.15, 0.2) is 0 Å². The second-order valence-corrected chi connectivity index (χ2v) is 6.76. The molecule has 2 aromatic rings. The predicted octanol–water partition coefficient (Wildman–Crippen LogP) is 4.62. The average Bonchev–Trinajstić information content (AvgIpc) is 2.61. The van der Waals surface area contributed by atoms with Gasteiger partial charge in [-0.2, -0.15) is 0 Å². The second-order valence-electron chi connectivity index (χ2n) is 6.35. The smallest absolute Gasteiger partial charge is 0.288 e. The number of nitrogens with zero attached hydrogens (tertiary/aromatic N) is 1. The highest BCUT2D eigenvalue weighted by atomic mass is 35.5. The average molecular weight is 359 g/mol. The number of nitrogens with one attached hydrogen (secondary N) is 1. The molecule has 25 heavy (non-hydrogen) atoms. The summed E-state index contributed by atoms with van der Waals surface area (Å²) in [4.78, 5) is 22.8. The highest BCUT2D eigenvalue weighted by Gasteiger charge is 2.18. The summed E-state index contributed by atoms with van der Waals surface area (Å²) < 4.78 is 0. The second kappa shape index (κ2) is 7.23. The van der Waals surface area contributed by atoms with Crippen molar-refractivity contribution in [3.63, 3.8) is 0 Å². The van der Waals surface area contributed by atoms with Crippen LogP contribution in [0, 0.1) is 10.1 Å². The molecule has 1 N–H and O–H groups in total. The fourth-order valence-corrected chi connectivity index (χ4v) is 3.37. The van der Waals surface area contributed by atoms with Crippen LogP contribution in [0.1, 0.15) is 52.9 Å². The summed E-state index contributed by atoms with van der Waals surface area (Å²) in [6.07, 6.45) is 4.62. The Morgan fingerprint density at radius 2 is 1.88 bits per heavy atom. The molecule has 5 nitrogen and oxygen atoms in total. The Morgan fingerprint density at radius 1 is 1.16 bits per heavy atom. The molecule has 0 heterocycles. The van der Waals surface area contributed by atoms with E-state index in [1.807, 2.05) is 13.0 Å². The molecule has 0 bridgehead atoms. The Balaban J connectivity index is 1.76. The number of nitro benzene ring substituents is 1. The quantitative estimate of drug-likeness (QED) is 0.640. The van der Waals surface area contributed by atoms with Gasteiger partial charge in [0.25, 0.3) is 11.6 Å². The molecule has 1 unspecified atom stereocenters. The summed E-state index contributed by atoms with van der Waals surface area (Å²) in [6.45, 7) is 1.91. The first-order chi connectivity index (χ1) is 12.0. The van der Waals surface area contributed by atoms with Crippen molar-refractivity contribution in [2.75, 3.05) is 0 Å². The van der Waals surface area contributed by atoms with Crippen molar-refractivity contribution in [3.05, 3.63) is 73.8 Å². The van der Waals surface area contributed by atoms with Crippen LogP contribution in [0.4, 0.5) is 5.69 Å². The van der Waals surface area contributed by atoms with Crippen LogP contribution in [-0.2, 0) is 12.8 Å². The molecule has 0 aromatic heterocycles. The zero-order valence-corrected chi connectivity index (χ0v) is 14.7. The number of carbonyl (C=O) groups excluding carboxylic acids is 1. The molecule has 0 aliphatic heterocycles. The number of rotatable bonds is 4. The van der Waals surface area contributed by atoms with Crippen molar-refractivity contribution >= 4 is 23.2 Å². The Morgan fingerprint density at radius 3 is 2.60 bits per heavy atom. The largest absolute Gasteiger partial charge is 0.346 e. The minimum atomic E-state index is -0.591. The first-order valence-corrected chi connectivity index (χ1v) is 8.70. The van der Waals surface area contributed by atoms with Gasteiger partial charge in [-0.25, -0.2) is 0 Å². The van der Waals surface area contributed by atoms with E-state index in [4.69, 9.17) is 11.6 Å². The minimum Gasteiger partial charge on any atom is -0.346 e. The van der Waals surface area contributed by atoms with Crippen molar-refractivity contribution in [2.24, 2.45) is 0 Å². The third-order valence-electron chi connectivity index (χ3n) is 4.63. The maximum absolute atomic E-state index is 12.4.